The van der Waals surface area contributed by atoms with Crippen molar-refractivity contribution < 1.29 is 13.2 Å². The molecule has 22 heavy (non-hydrogen) atoms. The maximum atomic E-state index is 12.3. The van der Waals surface area contributed by atoms with E-state index in [1.165, 1.54) is 12.1 Å². The van der Waals surface area contributed by atoms with E-state index in [0.717, 1.165) is 16.9 Å². The summed E-state index contributed by atoms with van der Waals surface area (Å²) in [4.78, 5) is -0.0114. The Morgan fingerprint density at radius 1 is 1.23 bits per heavy atom. The summed E-state index contributed by atoms with van der Waals surface area (Å²) in [6.07, 6.45) is 0. The van der Waals surface area contributed by atoms with Crippen LogP contribution in [0.1, 0.15) is 16.7 Å². The second-order valence-electron chi connectivity index (χ2n) is 4.74. The first-order chi connectivity index (χ1) is 10.5. The van der Waals surface area contributed by atoms with E-state index in [2.05, 4.69) is 4.72 Å². The molecule has 0 radical (unpaired) electrons. The van der Waals surface area contributed by atoms with Crippen LogP contribution >= 0.6 is 0 Å². The van der Waals surface area contributed by atoms with E-state index in [4.69, 9.17) is 10.00 Å². The molecule has 0 aliphatic heterocycles. The largest absolute Gasteiger partial charge is 0.496 e. The van der Waals surface area contributed by atoms with E-state index < -0.39 is 10.0 Å². The summed E-state index contributed by atoms with van der Waals surface area (Å²) in [7, 11) is -2.15. The molecule has 0 aliphatic rings. The van der Waals surface area contributed by atoms with Crippen molar-refractivity contribution in [3.05, 3.63) is 59.2 Å². The van der Waals surface area contributed by atoms with Gasteiger partial charge in [-0.25, -0.2) is 13.1 Å². The van der Waals surface area contributed by atoms with Gasteiger partial charge in [0.05, 0.1) is 17.6 Å². The molecule has 2 rings (SSSR count). The number of nitrogens with one attached hydrogen (secondary N) is 1. The summed E-state index contributed by atoms with van der Waals surface area (Å²) in [5, 5.41) is 9.00. The van der Waals surface area contributed by atoms with Crippen molar-refractivity contribution in [2.45, 2.75) is 18.4 Å². The van der Waals surface area contributed by atoms with Crippen LogP contribution in [0.15, 0.2) is 47.4 Å². The van der Waals surface area contributed by atoms with Crippen molar-refractivity contribution in [2.75, 3.05) is 7.11 Å². The minimum Gasteiger partial charge on any atom is -0.496 e. The summed E-state index contributed by atoms with van der Waals surface area (Å²) in [6.45, 7) is 2.04. The molecule has 2 aromatic carbocycles. The van der Waals surface area contributed by atoms with Gasteiger partial charge in [-0.15, -0.1) is 0 Å². The number of aryl methyl sites for hydroxylation is 1. The van der Waals surface area contributed by atoms with Crippen LogP contribution in [-0.2, 0) is 16.6 Å². The molecule has 2 aromatic rings. The fourth-order valence-corrected chi connectivity index (χ4v) is 3.27. The fourth-order valence-electron chi connectivity index (χ4n) is 2.10. The average molecular weight is 316 g/mol. The number of benzene rings is 2. The SMILES string of the molecule is COc1ccc(CNS(=O)(=O)c2ccccc2C#N)cc1C. The normalized spacial score (nSPS) is 11.0. The lowest BCUT2D eigenvalue weighted by Gasteiger charge is -2.10. The molecule has 0 bridgehead atoms. The summed E-state index contributed by atoms with van der Waals surface area (Å²) >= 11 is 0. The van der Waals surface area contributed by atoms with Crippen LogP contribution in [0.4, 0.5) is 0 Å². The highest BCUT2D eigenvalue weighted by molar-refractivity contribution is 7.89. The number of sulfonamides is 1. The van der Waals surface area contributed by atoms with E-state index >= 15 is 0 Å². The highest BCUT2D eigenvalue weighted by atomic mass is 32.2. The lowest BCUT2D eigenvalue weighted by molar-refractivity contribution is 0.411. The molecule has 0 heterocycles. The second-order valence-corrected chi connectivity index (χ2v) is 6.47. The highest BCUT2D eigenvalue weighted by Crippen LogP contribution is 2.19. The fraction of sp³-hybridized carbons (Fsp3) is 0.188. The minimum atomic E-state index is -3.73. The van der Waals surface area contributed by atoms with Gasteiger partial charge in [-0.2, -0.15) is 5.26 Å². The third-order valence-corrected chi connectivity index (χ3v) is 4.68. The Hall–Kier alpha value is -2.36. The first kappa shape index (κ1) is 16.0. The highest BCUT2D eigenvalue weighted by Gasteiger charge is 2.17. The van der Waals surface area contributed by atoms with Crippen LogP contribution in [-0.4, -0.2) is 15.5 Å². The van der Waals surface area contributed by atoms with E-state index in [1.807, 2.05) is 19.1 Å². The molecule has 0 aromatic heterocycles. The van der Waals surface area contributed by atoms with Crippen LogP contribution in [0.3, 0.4) is 0 Å². The summed E-state index contributed by atoms with van der Waals surface area (Å²) < 4.78 is 32.3. The van der Waals surface area contributed by atoms with Crippen LogP contribution in [0, 0.1) is 18.3 Å². The van der Waals surface area contributed by atoms with Crippen molar-refractivity contribution in [1.29, 1.82) is 5.26 Å². The summed E-state index contributed by atoms with van der Waals surface area (Å²) in [5.74, 6) is 0.751. The van der Waals surface area contributed by atoms with Gasteiger partial charge in [-0.05, 0) is 36.2 Å². The van der Waals surface area contributed by atoms with Crippen LogP contribution in [0.2, 0.25) is 0 Å². The predicted octanol–water partition coefficient (Wildman–Crippen LogP) is 2.35. The van der Waals surface area contributed by atoms with Gasteiger partial charge in [-0.3, -0.25) is 0 Å². The Morgan fingerprint density at radius 3 is 2.59 bits per heavy atom. The van der Waals surface area contributed by atoms with E-state index in [0.29, 0.717) is 0 Å². The van der Waals surface area contributed by atoms with Gasteiger partial charge in [-0.1, -0.05) is 24.3 Å². The topological polar surface area (TPSA) is 79.2 Å². The molecule has 0 saturated carbocycles. The monoisotopic (exact) mass is 316 g/mol. The molecule has 0 unspecified atom stereocenters. The minimum absolute atomic E-state index is 0.0114. The molecule has 0 amide bonds. The molecule has 0 spiro atoms. The molecule has 0 aliphatic carbocycles. The van der Waals surface area contributed by atoms with Gasteiger partial charge in [0.1, 0.15) is 11.8 Å². The van der Waals surface area contributed by atoms with Crippen LogP contribution in [0.25, 0.3) is 0 Å². The molecular weight excluding hydrogens is 300 g/mol. The van der Waals surface area contributed by atoms with E-state index in [9.17, 15) is 8.42 Å². The number of hydrogen-bond donors (Lipinski definition) is 1. The van der Waals surface area contributed by atoms with Crippen LogP contribution < -0.4 is 9.46 Å². The summed E-state index contributed by atoms with van der Waals surface area (Å²) in [6, 6.07) is 13.5. The molecule has 0 fully saturated rings. The van der Waals surface area contributed by atoms with Crippen LogP contribution in [0.5, 0.6) is 5.75 Å². The quantitative estimate of drug-likeness (QED) is 0.918. The number of nitriles is 1. The van der Waals surface area contributed by atoms with Crippen molar-refractivity contribution >= 4 is 10.0 Å². The molecule has 114 valence electrons. The van der Waals surface area contributed by atoms with Gasteiger partial charge < -0.3 is 4.74 Å². The van der Waals surface area contributed by atoms with Gasteiger partial charge in [0.25, 0.3) is 0 Å². The molecule has 6 heteroatoms. The van der Waals surface area contributed by atoms with Crippen molar-refractivity contribution in [3.8, 4) is 11.8 Å². The Bertz CT molecular complexity index is 824. The molecule has 0 saturated heterocycles. The molecule has 0 atom stereocenters. The van der Waals surface area contributed by atoms with Crippen molar-refractivity contribution in [1.82, 2.24) is 4.72 Å². The van der Waals surface area contributed by atoms with Gasteiger partial charge in [0, 0.05) is 6.54 Å². The lowest BCUT2D eigenvalue weighted by atomic mass is 10.1. The maximum absolute atomic E-state index is 12.3. The first-order valence-corrected chi connectivity index (χ1v) is 8.08. The van der Waals surface area contributed by atoms with E-state index in [-0.39, 0.29) is 17.0 Å². The first-order valence-electron chi connectivity index (χ1n) is 6.60. The third kappa shape index (κ3) is 3.45. The lowest BCUT2D eigenvalue weighted by Crippen LogP contribution is -2.24. The number of hydrogen-bond acceptors (Lipinski definition) is 4. The zero-order valence-electron chi connectivity index (χ0n) is 12.3. The van der Waals surface area contributed by atoms with Gasteiger partial charge >= 0.3 is 0 Å². The number of methoxy groups -OCH3 is 1. The standard InChI is InChI=1S/C16H16N2O3S/c1-12-9-13(7-8-15(12)21-2)11-18-22(19,20)16-6-4-3-5-14(16)10-17/h3-9,18H,11H2,1-2H3. The maximum Gasteiger partial charge on any atom is 0.242 e. The molecule has 5 nitrogen and oxygen atoms in total. The Morgan fingerprint density at radius 2 is 1.95 bits per heavy atom. The summed E-state index contributed by atoms with van der Waals surface area (Å²) in [5.41, 5.74) is 1.87. The van der Waals surface area contributed by atoms with E-state index in [1.54, 1.807) is 31.4 Å². The Balaban J connectivity index is 2.20. The van der Waals surface area contributed by atoms with Crippen molar-refractivity contribution in [3.63, 3.8) is 0 Å². The number of ether oxygens (including phenoxy) is 1. The van der Waals surface area contributed by atoms with Gasteiger partial charge in [0.15, 0.2) is 0 Å². The Labute approximate surface area is 130 Å². The second kappa shape index (κ2) is 6.60. The third-order valence-electron chi connectivity index (χ3n) is 3.22. The zero-order chi connectivity index (χ0) is 16.2. The molecule has 1 N–H and O–H groups in total. The van der Waals surface area contributed by atoms with Crippen molar-refractivity contribution in [2.24, 2.45) is 0 Å². The zero-order valence-corrected chi connectivity index (χ0v) is 13.1. The van der Waals surface area contributed by atoms with Gasteiger partial charge in [0.2, 0.25) is 10.0 Å². The predicted molar refractivity (Wildman–Crippen MR) is 82.9 cm³/mol. The molecular formula is C16H16N2O3S. The number of rotatable bonds is 5. The smallest absolute Gasteiger partial charge is 0.242 e. The Kier molecular flexibility index (Phi) is 4.81. The average Bonchev–Trinajstić information content (AvgIpc) is 2.53. The number of nitrogens with zero attached hydrogens (tertiary/aromatic N) is 1.